The van der Waals surface area contributed by atoms with Gasteiger partial charge in [-0.15, -0.1) is 0 Å². The molecule has 0 bridgehead atoms. The van der Waals surface area contributed by atoms with Gasteiger partial charge < -0.3 is 15.5 Å². The minimum absolute atomic E-state index is 0.0704. The van der Waals surface area contributed by atoms with E-state index >= 15 is 0 Å². The Kier molecular flexibility index (Phi) is 5.12. The molecule has 0 radical (unpaired) electrons. The first-order valence-electron chi connectivity index (χ1n) is 7.06. The monoisotopic (exact) mass is 275 g/mol. The van der Waals surface area contributed by atoms with Crippen molar-refractivity contribution in [1.82, 2.24) is 10.2 Å². The second-order valence-corrected chi connectivity index (χ2v) is 4.95. The number of anilines is 1. The van der Waals surface area contributed by atoms with Gasteiger partial charge in [0, 0.05) is 25.2 Å². The fourth-order valence-electron chi connectivity index (χ4n) is 2.27. The van der Waals surface area contributed by atoms with Gasteiger partial charge in [-0.05, 0) is 30.7 Å². The van der Waals surface area contributed by atoms with Gasteiger partial charge in [-0.3, -0.25) is 9.59 Å². The van der Waals surface area contributed by atoms with E-state index in [9.17, 15) is 9.59 Å². The van der Waals surface area contributed by atoms with Crippen LogP contribution < -0.4 is 10.6 Å². The maximum Gasteiger partial charge on any atom is 0.243 e. The average molecular weight is 275 g/mol. The Morgan fingerprint density at radius 3 is 2.95 bits per heavy atom. The fourth-order valence-corrected chi connectivity index (χ4v) is 2.27. The fraction of sp³-hybridized carbons (Fsp3) is 0.467. The number of carbonyl (C=O) groups excluding carboxylic acids is 2. The van der Waals surface area contributed by atoms with Crippen LogP contribution in [0.25, 0.3) is 0 Å². The van der Waals surface area contributed by atoms with Crippen LogP contribution in [-0.4, -0.2) is 36.3 Å². The number of carbonyl (C=O) groups is 2. The molecule has 1 saturated heterocycles. The van der Waals surface area contributed by atoms with E-state index in [1.165, 1.54) is 0 Å². The zero-order chi connectivity index (χ0) is 14.4. The summed E-state index contributed by atoms with van der Waals surface area (Å²) in [7, 11) is 0. The Bertz CT molecular complexity index is 488. The summed E-state index contributed by atoms with van der Waals surface area (Å²) in [5.74, 6) is -0.0677. The number of rotatable bonds is 6. The van der Waals surface area contributed by atoms with E-state index in [4.69, 9.17) is 0 Å². The average Bonchev–Trinajstić information content (AvgIpc) is 2.82. The summed E-state index contributed by atoms with van der Waals surface area (Å²) in [4.78, 5) is 25.0. The topological polar surface area (TPSA) is 61.4 Å². The lowest BCUT2D eigenvalue weighted by Gasteiger charge is -2.15. The zero-order valence-corrected chi connectivity index (χ0v) is 11.8. The molecule has 2 amide bonds. The van der Waals surface area contributed by atoms with Crippen molar-refractivity contribution in [2.24, 2.45) is 0 Å². The lowest BCUT2D eigenvalue weighted by molar-refractivity contribution is -0.131. The molecule has 0 atom stereocenters. The van der Waals surface area contributed by atoms with Crippen molar-refractivity contribution >= 4 is 17.5 Å². The van der Waals surface area contributed by atoms with Crippen molar-refractivity contribution in [3.63, 3.8) is 0 Å². The third-order valence-corrected chi connectivity index (χ3v) is 3.30. The Hall–Kier alpha value is -1.88. The van der Waals surface area contributed by atoms with Crippen LogP contribution in [0.5, 0.6) is 0 Å². The number of nitrogens with zero attached hydrogens (tertiary/aromatic N) is 1. The van der Waals surface area contributed by atoms with Gasteiger partial charge in [0.2, 0.25) is 11.8 Å². The largest absolute Gasteiger partial charge is 0.333 e. The summed E-state index contributed by atoms with van der Waals surface area (Å²) in [6.07, 6.45) is 1.41. The third-order valence-electron chi connectivity index (χ3n) is 3.30. The number of likely N-dealkylation sites (tertiary alicyclic amines) is 1. The van der Waals surface area contributed by atoms with Crippen molar-refractivity contribution in [3.8, 4) is 0 Å². The van der Waals surface area contributed by atoms with Crippen LogP contribution in [0.3, 0.4) is 0 Å². The first-order chi connectivity index (χ1) is 9.69. The molecular formula is C15H21N3O2. The summed E-state index contributed by atoms with van der Waals surface area (Å²) in [6.45, 7) is 4.58. The van der Waals surface area contributed by atoms with E-state index in [2.05, 4.69) is 17.6 Å². The maximum absolute atomic E-state index is 11.9. The van der Waals surface area contributed by atoms with Gasteiger partial charge in [0.1, 0.15) is 0 Å². The van der Waals surface area contributed by atoms with Crippen LogP contribution in [0.4, 0.5) is 5.69 Å². The number of amides is 2. The van der Waals surface area contributed by atoms with E-state index in [-0.39, 0.29) is 18.4 Å². The maximum atomic E-state index is 11.9. The second kappa shape index (κ2) is 7.05. The van der Waals surface area contributed by atoms with Gasteiger partial charge in [-0.1, -0.05) is 19.1 Å². The first-order valence-corrected chi connectivity index (χ1v) is 7.06. The predicted octanol–water partition coefficient (Wildman–Crippen LogP) is 1.36. The van der Waals surface area contributed by atoms with Crippen LogP contribution in [0.2, 0.25) is 0 Å². The van der Waals surface area contributed by atoms with Crippen LogP contribution in [0, 0.1) is 0 Å². The molecule has 1 aliphatic rings. The molecule has 2 rings (SSSR count). The predicted molar refractivity (Wildman–Crippen MR) is 78.3 cm³/mol. The molecule has 1 aromatic carbocycles. The molecule has 1 heterocycles. The number of benzene rings is 1. The van der Waals surface area contributed by atoms with Crippen molar-refractivity contribution in [1.29, 1.82) is 0 Å². The van der Waals surface area contributed by atoms with E-state index in [1.54, 1.807) is 4.90 Å². The Labute approximate surface area is 119 Å². The zero-order valence-electron chi connectivity index (χ0n) is 11.8. The molecule has 1 fully saturated rings. The Morgan fingerprint density at radius 1 is 1.40 bits per heavy atom. The SMILES string of the molecule is CCNCc1cccc(NC(=O)CN2CCCC2=O)c1. The quantitative estimate of drug-likeness (QED) is 0.824. The van der Waals surface area contributed by atoms with Gasteiger partial charge in [-0.2, -0.15) is 0 Å². The smallest absolute Gasteiger partial charge is 0.243 e. The van der Waals surface area contributed by atoms with Crippen molar-refractivity contribution in [2.45, 2.75) is 26.3 Å². The van der Waals surface area contributed by atoms with Crippen molar-refractivity contribution < 1.29 is 9.59 Å². The lowest BCUT2D eigenvalue weighted by Crippen LogP contribution is -2.33. The highest BCUT2D eigenvalue weighted by atomic mass is 16.2. The summed E-state index contributed by atoms with van der Waals surface area (Å²) in [6, 6.07) is 7.75. The number of nitrogens with one attached hydrogen (secondary N) is 2. The highest BCUT2D eigenvalue weighted by Gasteiger charge is 2.22. The highest BCUT2D eigenvalue weighted by Crippen LogP contribution is 2.12. The first kappa shape index (κ1) is 14.5. The van der Waals surface area contributed by atoms with Crippen molar-refractivity contribution in [2.75, 3.05) is 25.0 Å². The second-order valence-electron chi connectivity index (χ2n) is 4.95. The van der Waals surface area contributed by atoms with Crippen LogP contribution in [0.1, 0.15) is 25.3 Å². The standard InChI is InChI=1S/C15H21N3O2/c1-2-16-10-12-5-3-6-13(9-12)17-14(19)11-18-8-4-7-15(18)20/h3,5-6,9,16H,2,4,7-8,10-11H2,1H3,(H,17,19). The van der Waals surface area contributed by atoms with Crippen LogP contribution >= 0.6 is 0 Å². The van der Waals surface area contributed by atoms with Crippen molar-refractivity contribution in [3.05, 3.63) is 29.8 Å². The van der Waals surface area contributed by atoms with Gasteiger partial charge >= 0.3 is 0 Å². The molecular weight excluding hydrogens is 254 g/mol. The molecule has 0 aromatic heterocycles. The highest BCUT2D eigenvalue weighted by molar-refractivity contribution is 5.94. The molecule has 0 unspecified atom stereocenters. The molecule has 108 valence electrons. The molecule has 1 aromatic rings. The number of hydrogen-bond acceptors (Lipinski definition) is 3. The van der Waals surface area contributed by atoms with Crippen LogP contribution in [0.15, 0.2) is 24.3 Å². The third kappa shape index (κ3) is 4.06. The van der Waals surface area contributed by atoms with Gasteiger partial charge in [0.05, 0.1) is 6.54 Å². The van der Waals surface area contributed by atoms with E-state index in [1.807, 2.05) is 24.3 Å². The van der Waals surface area contributed by atoms with E-state index in [0.717, 1.165) is 30.8 Å². The molecule has 1 aliphatic heterocycles. The Balaban J connectivity index is 1.88. The molecule has 0 spiro atoms. The Morgan fingerprint density at radius 2 is 2.25 bits per heavy atom. The molecule has 2 N–H and O–H groups in total. The van der Waals surface area contributed by atoms with E-state index < -0.39 is 0 Å². The minimum atomic E-state index is -0.138. The van der Waals surface area contributed by atoms with Gasteiger partial charge in [-0.25, -0.2) is 0 Å². The minimum Gasteiger partial charge on any atom is -0.333 e. The van der Waals surface area contributed by atoms with E-state index in [0.29, 0.717) is 13.0 Å². The molecule has 20 heavy (non-hydrogen) atoms. The lowest BCUT2D eigenvalue weighted by atomic mass is 10.2. The molecule has 0 saturated carbocycles. The number of hydrogen-bond donors (Lipinski definition) is 2. The summed E-state index contributed by atoms with van der Waals surface area (Å²) in [5, 5.41) is 6.09. The normalized spacial score (nSPS) is 14.7. The van der Waals surface area contributed by atoms with Crippen LogP contribution in [-0.2, 0) is 16.1 Å². The summed E-state index contributed by atoms with van der Waals surface area (Å²) >= 11 is 0. The summed E-state index contributed by atoms with van der Waals surface area (Å²) < 4.78 is 0. The van der Waals surface area contributed by atoms with Gasteiger partial charge in [0.25, 0.3) is 0 Å². The molecule has 0 aliphatic carbocycles. The molecule has 5 heteroatoms. The summed E-state index contributed by atoms with van der Waals surface area (Å²) in [5.41, 5.74) is 1.90. The van der Waals surface area contributed by atoms with Gasteiger partial charge in [0.15, 0.2) is 0 Å². The molecule has 5 nitrogen and oxygen atoms in total.